The lowest BCUT2D eigenvalue weighted by molar-refractivity contribution is -0.141. The highest BCUT2D eigenvalue weighted by atomic mass is 32.2. The van der Waals surface area contributed by atoms with Crippen LogP contribution in [0.1, 0.15) is 11.3 Å². The lowest BCUT2D eigenvalue weighted by Gasteiger charge is -2.12. The van der Waals surface area contributed by atoms with E-state index in [1.54, 1.807) is 0 Å². The molecule has 1 atom stereocenters. The molecule has 0 aliphatic heterocycles. The zero-order valence-corrected chi connectivity index (χ0v) is 17.6. The molecule has 3 N–H and O–H groups in total. The highest BCUT2D eigenvalue weighted by Crippen LogP contribution is 2.34. The minimum absolute atomic E-state index is 0.0234. The van der Waals surface area contributed by atoms with Crippen LogP contribution < -0.4 is 10.5 Å². The van der Waals surface area contributed by atoms with Gasteiger partial charge in [0.1, 0.15) is 34.5 Å². The van der Waals surface area contributed by atoms with Crippen LogP contribution in [0.25, 0.3) is 22.1 Å². The summed E-state index contributed by atoms with van der Waals surface area (Å²) < 4.78 is 85.5. The summed E-state index contributed by atoms with van der Waals surface area (Å²) in [6, 6.07) is 6.97. The summed E-state index contributed by atoms with van der Waals surface area (Å²) in [4.78, 5) is 7.35. The van der Waals surface area contributed by atoms with Gasteiger partial charge in [0.25, 0.3) is 0 Å². The molecule has 0 spiro atoms. The van der Waals surface area contributed by atoms with E-state index >= 15 is 0 Å². The third-order valence-corrected chi connectivity index (χ3v) is 5.21. The molecule has 6 nitrogen and oxygen atoms in total. The Morgan fingerprint density at radius 2 is 1.82 bits per heavy atom. The number of nitrogens with two attached hydrogens (primary N) is 1. The molecular formula is C21H15F5N4O2S. The van der Waals surface area contributed by atoms with Gasteiger partial charge in [0.05, 0.1) is 17.8 Å². The van der Waals surface area contributed by atoms with Crippen molar-refractivity contribution in [2.45, 2.75) is 6.18 Å². The number of aromatic nitrogens is 2. The fraction of sp³-hybridized carbons (Fsp3) is 0.0952. The molecule has 0 aliphatic rings. The van der Waals surface area contributed by atoms with E-state index in [4.69, 9.17) is 9.56 Å². The predicted molar refractivity (Wildman–Crippen MR) is 115 cm³/mol. The minimum atomic E-state index is -4.79. The van der Waals surface area contributed by atoms with E-state index in [0.29, 0.717) is 6.07 Å². The highest BCUT2D eigenvalue weighted by Gasteiger charge is 2.33. The number of hydrogen-bond donors (Lipinski definition) is 2. The largest absolute Gasteiger partial charge is 0.464 e. The molecule has 33 heavy (non-hydrogen) atoms. The molecule has 0 aliphatic carbocycles. The Morgan fingerprint density at radius 3 is 2.52 bits per heavy atom. The number of alkyl halides is 3. The average Bonchev–Trinajstić information content (AvgIpc) is 3.19. The lowest BCUT2D eigenvalue weighted by Crippen LogP contribution is -2.15. The third kappa shape index (κ3) is 4.96. The van der Waals surface area contributed by atoms with Crippen molar-refractivity contribution in [2.75, 3.05) is 11.6 Å². The molecule has 3 aromatic heterocycles. The first-order chi connectivity index (χ1) is 15.4. The van der Waals surface area contributed by atoms with E-state index in [1.807, 2.05) is 0 Å². The van der Waals surface area contributed by atoms with Crippen LogP contribution >= 0.6 is 0 Å². The second kappa shape index (κ2) is 8.12. The quantitative estimate of drug-likeness (QED) is 0.320. The van der Waals surface area contributed by atoms with Crippen LogP contribution in [-0.4, -0.2) is 25.8 Å². The molecule has 1 unspecified atom stereocenters. The van der Waals surface area contributed by atoms with E-state index in [1.165, 1.54) is 36.8 Å². The molecule has 0 radical (unpaired) electrons. The van der Waals surface area contributed by atoms with Crippen LogP contribution in [0.4, 0.5) is 33.6 Å². The first-order valence-corrected chi connectivity index (χ1v) is 11.3. The minimum Gasteiger partial charge on any atom is -0.464 e. The zero-order valence-electron chi connectivity index (χ0n) is 16.8. The van der Waals surface area contributed by atoms with E-state index in [0.717, 1.165) is 17.6 Å². The second-order valence-corrected chi connectivity index (χ2v) is 9.35. The van der Waals surface area contributed by atoms with Gasteiger partial charge in [0, 0.05) is 32.5 Å². The van der Waals surface area contributed by atoms with Crippen LogP contribution in [-0.2, 0) is 15.9 Å². The number of nitrogens with zero attached hydrogens (tertiary/aromatic N) is 2. The zero-order chi connectivity index (χ0) is 24.0. The number of fused-ring (bicyclic) bond motifs is 1. The normalized spacial score (nSPS) is 13.7. The summed E-state index contributed by atoms with van der Waals surface area (Å²) in [6.07, 6.45) is -1.51. The van der Waals surface area contributed by atoms with Gasteiger partial charge in [0.2, 0.25) is 0 Å². The Balaban J connectivity index is 1.79. The maximum Gasteiger partial charge on any atom is 0.433 e. The Hall–Kier alpha value is -3.51. The Bertz CT molecular complexity index is 1480. The van der Waals surface area contributed by atoms with Gasteiger partial charge in [-0.3, -0.25) is 9.35 Å². The van der Waals surface area contributed by atoms with Gasteiger partial charge in [-0.05, 0) is 42.0 Å². The monoisotopic (exact) mass is 482 g/mol. The van der Waals surface area contributed by atoms with E-state index in [9.17, 15) is 26.2 Å². The Morgan fingerprint density at radius 1 is 1.06 bits per heavy atom. The predicted octanol–water partition coefficient (Wildman–Crippen LogP) is 4.87. The summed E-state index contributed by atoms with van der Waals surface area (Å²) in [7, 11) is -3.00. The first-order valence-electron chi connectivity index (χ1n) is 9.20. The molecule has 1 aromatic carbocycles. The summed E-state index contributed by atoms with van der Waals surface area (Å²) in [5.74, 6) is -1.64. The number of benzene rings is 1. The van der Waals surface area contributed by atoms with Crippen molar-refractivity contribution in [3.63, 3.8) is 0 Å². The summed E-state index contributed by atoms with van der Waals surface area (Å²) in [5, 5.41) is 9.16. The van der Waals surface area contributed by atoms with Crippen molar-refractivity contribution in [1.82, 2.24) is 9.97 Å². The fourth-order valence-electron chi connectivity index (χ4n) is 3.18. The van der Waals surface area contributed by atoms with Gasteiger partial charge >= 0.3 is 6.18 Å². The maximum absolute atomic E-state index is 14.6. The van der Waals surface area contributed by atoms with E-state index in [2.05, 4.69) is 15.3 Å². The molecular weight excluding hydrogens is 467 g/mol. The van der Waals surface area contributed by atoms with Crippen molar-refractivity contribution in [3.05, 3.63) is 71.8 Å². The molecule has 0 saturated heterocycles. The number of nitrogens with one attached hydrogen (secondary N) is 1. The second-order valence-electron chi connectivity index (χ2n) is 7.19. The van der Waals surface area contributed by atoms with Crippen molar-refractivity contribution >= 4 is 37.7 Å². The van der Waals surface area contributed by atoms with E-state index < -0.39 is 33.2 Å². The molecule has 0 fully saturated rings. The SMILES string of the molecule is CS(N)(=O)=Cc1cc(Nc2cc(-c3ccc(F)c4ccoc34)c(F)cn2)nc(C(F)(F)F)c1. The number of hydrogen-bond acceptors (Lipinski definition) is 5. The Kier molecular flexibility index (Phi) is 5.58. The maximum atomic E-state index is 14.6. The smallest absolute Gasteiger partial charge is 0.433 e. The van der Waals surface area contributed by atoms with Crippen LogP contribution in [0.2, 0.25) is 0 Å². The number of pyridine rings is 2. The van der Waals surface area contributed by atoms with Gasteiger partial charge in [0.15, 0.2) is 0 Å². The molecule has 0 bridgehead atoms. The van der Waals surface area contributed by atoms with Gasteiger partial charge in [-0.25, -0.2) is 18.7 Å². The molecule has 0 saturated carbocycles. The summed E-state index contributed by atoms with van der Waals surface area (Å²) in [5.41, 5.74) is -1.03. The standard InChI is InChI=1S/C21H15F5N4O2S/c1-33(27,31)10-11-6-17(21(24,25)26)29-19(7-11)30-18-8-14(16(23)9-28-18)12-2-3-15(22)13-4-5-32-20(12)13/h2-10H,1H3,(H2,27,31)(H,28,29,30). The topological polar surface area (TPSA) is 94.0 Å². The van der Waals surface area contributed by atoms with Gasteiger partial charge in [-0.1, -0.05) is 0 Å². The van der Waals surface area contributed by atoms with Crippen LogP contribution in [0, 0.1) is 11.6 Å². The molecule has 3 heterocycles. The van der Waals surface area contributed by atoms with Gasteiger partial charge in [-0.2, -0.15) is 13.2 Å². The number of rotatable bonds is 4. The number of anilines is 2. The van der Waals surface area contributed by atoms with Crippen LogP contribution in [0.5, 0.6) is 0 Å². The molecule has 4 rings (SSSR count). The fourth-order valence-corrected chi connectivity index (χ4v) is 3.86. The first kappa shape index (κ1) is 22.7. The van der Waals surface area contributed by atoms with E-state index in [-0.39, 0.29) is 39.3 Å². The third-order valence-electron chi connectivity index (χ3n) is 4.47. The molecule has 12 heteroatoms. The number of halogens is 5. The van der Waals surface area contributed by atoms with Crippen LogP contribution in [0.3, 0.4) is 0 Å². The number of furan rings is 1. The van der Waals surface area contributed by atoms with Crippen molar-refractivity contribution in [1.29, 1.82) is 0 Å². The van der Waals surface area contributed by atoms with Gasteiger partial charge < -0.3 is 9.73 Å². The highest BCUT2D eigenvalue weighted by molar-refractivity contribution is 7.98. The van der Waals surface area contributed by atoms with Crippen molar-refractivity contribution in [3.8, 4) is 11.1 Å². The van der Waals surface area contributed by atoms with Crippen molar-refractivity contribution in [2.24, 2.45) is 5.14 Å². The van der Waals surface area contributed by atoms with Gasteiger partial charge in [-0.15, -0.1) is 0 Å². The van der Waals surface area contributed by atoms with Crippen LogP contribution in [0.15, 0.2) is 53.3 Å². The summed E-state index contributed by atoms with van der Waals surface area (Å²) >= 11 is 0. The lowest BCUT2D eigenvalue weighted by atomic mass is 10.0. The summed E-state index contributed by atoms with van der Waals surface area (Å²) in [6.45, 7) is 0. The average molecular weight is 482 g/mol. The molecule has 172 valence electrons. The molecule has 0 amide bonds. The Labute approximate surface area is 184 Å². The van der Waals surface area contributed by atoms with Crippen molar-refractivity contribution < 1.29 is 30.6 Å². The molecule has 4 aromatic rings.